The van der Waals surface area contributed by atoms with Crippen LogP contribution in [0.2, 0.25) is 0 Å². The van der Waals surface area contributed by atoms with Crippen LogP contribution in [0.15, 0.2) is 0 Å². The van der Waals surface area contributed by atoms with E-state index >= 15 is 0 Å². The Balaban J connectivity index is 2.52. The van der Waals surface area contributed by atoms with Crippen molar-refractivity contribution >= 4 is 29.3 Å². The first-order valence-electron chi connectivity index (χ1n) is 4.71. The molecule has 1 saturated heterocycles. The van der Waals surface area contributed by atoms with Gasteiger partial charge in [0.25, 0.3) is 0 Å². The van der Waals surface area contributed by atoms with Gasteiger partial charge in [-0.1, -0.05) is 0 Å². The summed E-state index contributed by atoms with van der Waals surface area (Å²) in [5, 5.41) is 23.6. The molecular weight excluding hydrogens is 234 g/mol. The van der Waals surface area contributed by atoms with E-state index in [0.29, 0.717) is 18.4 Å². The van der Waals surface area contributed by atoms with Gasteiger partial charge in [0, 0.05) is 6.42 Å². The standard InChI is InChI=1S/C8H13N3O4S/c12-6(13)2-1-5(7(14)15)11-3-9-8(16)10-4-11/h5H,1-4H2,(H,12,13)(H,14,15)(H2,9,10,16). The lowest BCUT2D eigenvalue weighted by molar-refractivity contribution is -0.144. The molecule has 0 spiro atoms. The molecule has 0 saturated carbocycles. The zero-order valence-corrected chi connectivity index (χ0v) is 9.29. The molecule has 0 aliphatic carbocycles. The van der Waals surface area contributed by atoms with Crippen molar-refractivity contribution in [2.24, 2.45) is 0 Å². The molecule has 1 aliphatic heterocycles. The summed E-state index contributed by atoms with van der Waals surface area (Å²) in [5.74, 6) is -2.03. The predicted molar refractivity (Wildman–Crippen MR) is 58.7 cm³/mol. The van der Waals surface area contributed by atoms with E-state index in [0.717, 1.165) is 0 Å². The normalized spacial score (nSPS) is 18.4. The quantitative estimate of drug-likeness (QED) is 0.459. The minimum Gasteiger partial charge on any atom is -0.481 e. The van der Waals surface area contributed by atoms with Crippen LogP contribution in [-0.2, 0) is 9.59 Å². The topological polar surface area (TPSA) is 102 Å². The molecule has 0 radical (unpaired) electrons. The van der Waals surface area contributed by atoms with E-state index in [-0.39, 0.29) is 12.8 Å². The minimum absolute atomic E-state index is 0.0702. The number of aliphatic carboxylic acids is 2. The zero-order chi connectivity index (χ0) is 12.1. The van der Waals surface area contributed by atoms with Gasteiger partial charge in [0.05, 0.1) is 13.3 Å². The van der Waals surface area contributed by atoms with E-state index in [1.165, 1.54) is 0 Å². The molecule has 8 heteroatoms. The Morgan fingerprint density at radius 3 is 2.38 bits per heavy atom. The van der Waals surface area contributed by atoms with Gasteiger partial charge in [-0.15, -0.1) is 0 Å². The second-order valence-corrected chi connectivity index (χ2v) is 3.78. The molecular formula is C8H13N3O4S. The number of carboxylic acid groups (broad SMARTS) is 2. The summed E-state index contributed by atoms with van der Waals surface area (Å²) < 4.78 is 0. The van der Waals surface area contributed by atoms with Gasteiger partial charge in [0.1, 0.15) is 6.04 Å². The molecule has 1 fully saturated rings. The smallest absolute Gasteiger partial charge is 0.321 e. The third kappa shape index (κ3) is 3.63. The molecule has 4 N–H and O–H groups in total. The Hall–Kier alpha value is -1.41. The van der Waals surface area contributed by atoms with Crippen LogP contribution >= 0.6 is 12.2 Å². The van der Waals surface area contributed by atoms with Gasteiger partial charge in [-0.3, -0.25) is 14.5 Å². The molecule has 1 unspecified atom stereocenters. The fourth-order valence-electron chi connectivity index (χ4n) is 1.41. The number of carboxylic acids is 2. The maximum absolute atomic E-state index is 11.0. The average molecular weight is 247 g/mol. The fraction of sp³-hybridized carbons (Fsp3) is 0.625. The molecule has 0 aromatic heterocycles. The van der Waals surface area contributed by atoms with Crippen molar-refractivity contribution in [3.63, 3.8) is 0 Å². The van der Waals surface area contributed by atoms with Gasteiger partial charge in [0.2, 0.25) is 0 Å². The number of thiocarbonyl (C=S) groups is 1. The van der Waals surface area contributed by atoms with Crippen molar-refractivity contribution in [1.82, 2.24) is 15.5 Å². The summed E-state index contributed by atoms with van der Waals surface area (Å²) in [6.45, 7) is 0.616. The average Bonchev–Trinajstić information content (AvgIpc) is 2.20. The van der Waals surface area contributed by atoms with E-state index in [1.807, 2.05) is 0 Å². The van der Waals surface area contributed by atoms with Crippen LogP contribution in [0.5, 0.6) is 0 Å². The Morgan fingerprint density at radius 1 is 1.38 bits per heavy atom. The van der Waals surface area contributed by atoms with Crippen LogP contribution in [0.25, 0.3) is 0 Å². The highest BCUT2D eigenvalue weighted by atomic mass is 32.1. The highest BCUT2D eigenvalue weighted by Gasteiger charge is 2.27. The molecule has 0 aromatic carbocycles. The van der Waals surface area contributed by atoms with Gasteiger partial charge in [0.15, 0.2) is 5.11 Å². The van der Waals surface area contributed by atoms with Crippen molar-refractivity contribution in [3.05, 3.63) is 0 Å². The summed E-state index contributed by atoms with van der Waals surface area (Å²) in [7, 11) is 0. The van der Waals surface area contributed by atoms with Crippen LogP contribution in [0.4, 0.5) is 0 Å². The Bertz CT molecular complexity index is 300. The molecule has 0 aromatic rings. The second-order valence-electron chi connectivity index (χ2n) is 3.37. The van der Waals surface area contributed by atoms with Crippen LogP contribution in [0.3, 0.4) is 0 Å². The Morgan fingerprint density at radius 2 is 1.94 bits per heavy atom. The SMILES string of the molecule is O=C(O)CCC(C(=O)O)N1CNC(=S)NC1. The number of nitrogens with zero attached hydrogens (tertiary/aromatic N) is 1. The van der Waals surface area contributed by atoms with Crippen molar-refractivity contribution in [2.75, 3.05) is 13.3 Å². The second kappa shape index (κ2) is 5.61. The molecule has 7 nitrogen and oxygen atoms in total. The highest BCUT2D eigenvalue weighted by molar-refractivity contribution is 7.80. The van der Waals surface area contributed by atoms with Crippen LogP contribution in [0.1, 0.15) is 12.8 Å². The predicted octanol–water partition coefficient (Wildman–Crippen LogP) is -1.00. The van der Waals surface area contributed by atoms with Crippen LogP contribution in [-0.4, -0.2) is 51.5 Å². The van der Waals surface area contributed by atoms with Crippen LogP contribution in [0, 0.1) is 0 Å². The number of carbonyl (C=O) groups is 2. The summed E-state index contributed by atoms with van der Waals surface area (Å²) >= 11 is 4.83. The van der Waals surface area contributed by atoms with Crippen molar-refractivity contribution < 1.29 is 19.8 Å². The Labute approximate surface area is 97.4 Å². The molecule has 1 aliphatic rings. The fourth-order valence-corrected chi connectivity index (χ4v) is 1.54. The van der Waals surface area contributed by atoms with Gasteiger partial charge in [-0.25, -0.2) is 0 Å². The summed E-state index contributed by atoms with van der Waals surface area (Å²) in [5.41, 5.74) is 0. The lowest BCUT2D eigenvalue weighted by atomic mass is 10.1. The molecule has 0 amide bonds. The molecule has 90 valence electrons. The van der Waals surface area contributed by atoms with E-state index in [1.54, 1.807) is 4.90 Å². The van der Waals surface area contributed by atoms with E-state index in [2.05, 4.69) is 10.6 Å². The zero-order valence-electron chi connectivity index (χ0n) is 8.47. The summed E-state index contributed by atoms with van der Waals surface area (Å²) in [4.78, 5) is 23.0. The molecule has 0 bridgehead atoms. The van der Waals surface area contributed by atoms with E-state index in [9.17, 15) is 9.59 Å². The molecule has 16 heavy (non-hydrogen) atoms. The number of nitrogens with one attached hydrogen (secondary N) is 2. The van der Waals surface area contributed by atoms with E-state index in [4.69, 9.17) is 22.4 Å². The first kappa shape index (κ1) is 12.7. The lowest BCUT2D eigenvalue weighted by Gasteiger charge is -2.33. The highest BCUT2D eigenvalue weighted by Crippen LogP contribution is 2.07. The maximum Gasteiger partial charge on any atom is 0.321 e. The third-order valence-corrected chi connectivity index (χ3v) is 2.53. The Kier molecular flexibility index (Phi) is 4.44. The summed E-state index contributed by atoms with van der Waals surface area (Å²) in [6.07, 6.45) is -0.0985. The molecule has 1 atom stereocenters. The van der Waals surface area contributed by atoms with Crippen LogP contribution < -0.4 is 10.6 Å². The van der Waals surface area contributed by atoms with Gasteiger partial charge >= 0.3 is 11.9 Å². The van der Waals surface area contributed by atoms with Crippen molar-refractivity contribution in [2.45, 2.75) is 18.9 Å². The monoisotopic (exact) mass is 247 g/mol. The van der Waals surface area contributed by atoms with Gasteiger partial charge in [-0.05, 0) is 18.6 Å². The first-order chi connectivity index (χ1) is 7.50. The van der Waals surface area contributed by atoms with Gasteiger partial charge < -0.3 is 20.8 Å². The van der Waals surface area contributed by atoms with Crippen molar-refractivity contribution in [1.29, 1.82) is 0 Å². The largest absolute Gasteiger partial charge is 0.481 e. The van der Waals surface area contributed by atoms with Crippen molar-refractivity contribution in [3.8, 4) is 0 Å². The number of hydrogen-bond acceptors (Lipinski definition) is 4. The molecule has 1 rings (SSSR count). The minimum atomic E-state index is -1.03. The van der Waals surface area contributed by atoms with Gasteiger partial charge in [-0.2, -0.15) is 0 Å². The summed E-state index contributed by atoms with van der Waals surface area (Å²) in [6, 6.07) is -0.820. The first-order valence-corrected chi connectivity index (χ1v) is 5.12. The van der Waals surface area contributed by atoms with E-state index < -0.39 is 18.0 Å². The number of hydrogen-bond donors (Lipinski definition) is 4. The third-order valence-electron chi connectivity index (χ3n) is 2.24. The maximum atomic E-state index is 11.0. The lowest BCUT2D eigenvalue weighted by Crippen LogP contribution is -2.58. The number of rotatable bonds is 5. The molecule has 1 heterocycles.